The van der Waals surface area contributed by atoms with Crippen molar-refractivity contribution in [1.82, 2.24) is 5.32 Å². The zero-order chi connectivity index (χ0) is 14.4. The topological polar surface area (TPSA) is 30.5 Å². The number of likely N-dealkylation sites (N-methyl/N-ethyl adjacent to an activating group) is 1. The van der Waals surface area contributed by atoms with Crippen molar-refractivity contribution in [2.75, 3.05) is 20.8 Å². The lowest BCUT2D eigenvalue weighted by Gasteiger charge is -2.30. The van der Waals surface area contributed by atoms with Gasteiger partial charge in [-0.3, -0.25) is 0 Å². The van der Waals surface area contributed by atoms with Crippen molar-refractivity contribution in [1.29, 1.82) is 0 Å². The molecule has 3 nitrogen and oxygen atoms in total. The van der Waals surface area contributed by atoms with Crippen molar-refractivity contribution in [2.45, 2.75) is 32.9 Å². The summed E-state index contributed by atoms with van der Waals surface area (Å²) in [6.45, 7) is 6.81. The van der Waals surface area contributed by atoms with Crippen molar-refractivity contribution in [2.24, 2.45) is 5.92 Å². The molecule has 0 aliphatic carbocycles. The largest absolute Gasteiger partial charge is 0.494 e. The van der Waals surface area contributed by atoms with Crippen LogP contribution in [0.4, 0.5) is 4.39 Å². The monoisotopic (exact) mass is 269 g/mol. The molecule has 0 aliphatic rings. The summed E-state index contributed by atoms with van der Waals surface area (Å²) in [5, 5.41) is 3.22. The minimum atomic E-state index is -0.348. The molecule has 0 spiro atoms. The van der Waals surface area contributed by atoms with Crippen LogP contribution in [0.25, 0.3) is 0 Å². The molecular formula is C15H24FNO2. The van der Waals surface area contributed by atoms with Crippen molar-refractivity contribution >= 4 is 0 Å². The highest BCUT2D eigenvalue weighted by molar-refractivity contribution is 5.31. The fourth-order valence-corrected chi connectivity index (χ4v) is 2.26. The maximum absolute atomic E-state index is 13.8. The van der Waals surface area contributed by atoms with Gasteiger partial charge in [-0.1, -0.05) is 19.9 Å². The van der Waals surface area contributed by atoms with E-state index in [2.05, 4.69) is 19.2 Å². The van der Waals surface area contributed by atoms with Gasteiger partial charge in [-0.05, 0) is 37.6 Å². The van der Waals surface area contributed by atoms with E-state index in [4.69, 9.17) is 9.47 Å². The zero-order valence-corrected chi connectivity index (χ0v) is 12.4. The second kappa shape index (κ2) is 7.46. The molecule has 1 rings (SSSR count). The lowest BCUT2D eigenvalue weighted by atomic mass is 9.93. The molecule has 0 saturated carbocycles. The highest BCUT2D eigenvalue weighted by Crippen LogP contribution is 2.27. The number of hydrogen-bond acceptors (Lipinski definition) is 3. The number of halogens is 1. The van der Waals surface area contributed by atoms with Gasteiger partial charge in [-0.15, -0.1) is 0 Å². The zero-order valence-electron chi connectivity index (χ0n) is 12.4. The van der Waals surface area contributed by atoms with Gasteiger partial charge in [0.05, 0.1) is 19.3 Å². The van der Waals surface area contributed by atoms with E-state index < -0.39 is 0 Å². The van der Waals surface area contributed by atoms with Crippen LogP contribution >= 0.6 is 0 Å². The highest BCUT2D eigenvalue weighted by Gasteiger charge is 2.26. The molecule has 1 aromatic carbocycles. The molecule has 2 atom stereocenters. The van der Waals surface area contributed by atoms with E-state index in [1.165, 1.54) is 13.2 Å². The van der Waals surface area contributed by atoms with Gasteiger partial charge in [0.1, 0.15) is 0 Å². The normalized spacial score (nSPS) is 14.5. The van der Waals surface area contributed by atoms with Gasteiger partial charge >= 0.3 is 0 Å². The average molecular weight is 269 g/mol. The Morgan fingerprint density at radius 3 is 2.42 bits per heavy atom. The molecule has 0 fully saturated rings. The predicted octanol–water partition coefficient (Wildman–Crippen LogP) is 3.16. The van der Waals surface area contributed by atoms with Gasteiger partial charge in [0.15, 0.2) is 11.6 Å². The Kier molecular flexibility index (Phi) is 6.25. The molecule has 4 heteroatoms. The number of rotatable bonds is 7. The number of nitrogens with one attached hydrogen (secondary N) is 1. The highest BCUT2D eigenvalue weighted by atomic mass is 19.1. The molecule has 0 heterocycles. The van der Waals surface area contributed by atoms with E-state index in [0.29, 0.717) is 12.5 Å². The third kappa shape index (κ3) is 3.91. The molecule has 0 aromatic heterocycles. The average Bonchev–Trinajstić information content (AvgIpc) is 2.38. The van der Waals surface area contributed by atoms with Crippen LogP contribution in [0.3, 0.4) is 0 Å². The fraction of sp³-hybridized carbons (Fsp3) is 0.600. The Hall–Kier alpha value is -1.13. The van der Waals surface area contributed by atoms with Crippen LogP contribution in [-0.4, -0.2) is 26.9 Å². The molecule has 2 unspecified atom stereocenters. The Morgan fingerprint density at radius 1 is 1.32 bits per heavy atom. The Bertz CT molecular complexity index is 396. The van der Waals surface area contributed by atoms with Gasteiger partial charge in [0, 0.05) is 6.61 Å². The number of benzene rings is 1. The summed E-state index contributed by atoms with van der Waals surface area (Å²) >= 11 is 0. The predicted molar refractivity (Wildman–Crippen MR) is 75.0 cm³/mol. The van der Waals surface area contributed by atoms with E-state index >= 15 is 0 Å². The standard InChI is InChI=1S/C15H24FNO2/c1-6-19-15(10(2)3)14(17-4)11-7-8-13(18-5)12(16)9-11/h7-10,14-15,17H,6H2,1-5H3. The molecule has 0 radical (unpaired) electrons. The lowest BCUT2D eigenvalue weighted by molar-refractivity contribution is 0.00453. The molecule has 19 heavy (non-hydrogen) atoms. The van der Waals surface area contributed by atoms with E-state index in [0.717, 1.165) is 5.56 Å². The minimum absolute atomic E-state index is 0.00259. The van der Waals surface area contributed by atoms with Gasteiger partial charge in [0.25, 0.3) is 0 Å². The van der Waals surface area contributed by atoms with E-state index in [9.17, 15) is 4.39 Å². The Labute approximate surface area is 115 Å². The molecule has 0 bridgehead atoms. The Morgan fingerprint density at radius 2 is 2.00 bits per heavy atom. The summed E-state index contributed by atoms with van der Waals surface area (Å²) < 4.78 is 24.5. The molecule has 0 aliphatic heterocycles. The summed E-state index contributed by atoms with van der Waals surface area (Å²) in [5.74, 6) is 0.248. The fourth-order valence-electron chi connectivity index (χ4n) is 2.26. The van der Waals surface area contributed by atoms with Crippen LogP contribution in [0.15, 0.2) is 18.2 Å². The summed E-state index contributed by atoms with van der Waals surface area (Å²) in [6, 6.07) is 4.99. The molecule has 0 amide bonds. The molecule has 0 saturated heterocycles. The van der Waals surface area contributed by atoms with Crippen molar-refractivity contribution in [3.63, 3.8) is 0 Å². The van der Waals surface area contributed by atoms with Crippen molar-refractivity contribution in [3.05, 3.63) is 29.6 Å². The Balaban J connectivity index is 3.04. The first-order chi connectivity index (χ1) is 9.04. The number of methoxy groups -OCH3 is 1. The van der Waals surface area contributed by atoms with Gasteiger partial charge < -0.3 is 14.8 Å². The van der Waals surface area contributed by atoms with Gasteiger partial charge in [0.2, 0.25) is 0 Å². The number of ether oxygens (including phenoxy) is 2. The summed E-state index contributed by atoms with van der Waals surface area (Å²) in [6.07, 6.45) is 0.00259. The summed E-state index contributed by atoms with van der Waals surface area (Å²) in [5.41, 5.74) is 0.868. The van der Waals surface area contributed by atoms with E-state index in [1.54, 1.807) is 6.07 Å². The third-order valence-electron chi connectivity index (χ3n) is 3.19. The first kappa shape index (κ1) is 15.9. The first-order valence-electron chi connectivity index (χ1n) is 6.67. The number of hydrogen-bond donors (Lipinski definition) is 1. The van der Waals surface area contributed by atoms with Crippen LogP contribution in [0.5, 0.6) is 5.75 Å². The smallest absolute Gasteiger partial charge is 0.165 e. The first-order valence-corrected chi connectivity index (χ1v) is 6.67. The lowest BCUT2D eigenvalue weighted by Crippen LogP contribution is -2.35. The third-order valence-corrected chi connectivity index (χ3v) is 3.19. The second-order valence-corrected chi connectivity index (χ2v) is 4.82. The maximum atomic E-state index is 13.8. The van der Waals surface area contributed by atoms with Crippen LogP contribution in [0.2, 0.25) is 0 Å². The quantitative estimate of drug-likeness (QED) is 0.825. The van der Waals surface area contributed by atoms with E-state index in [1.807, 2.05) is 20.0 Å². The SMILES string of the molecule is CCOC(C(C)C)C(NC)c1ccc(OC)c(F)c1. The van der Waals surface area contributed by atoms with E-state index in [-0.39, 0.29) is 23.7 Å². The van der Waals surface area contributed by atoms with Crippen molar-refractivity contribution in [3.8, 4) is 5.75 Å². The van der Waals surface area contributed by atoms with Crippen LogP contribution in [-0.2, 0) is 4.74 Å². The molecule has 1 N–H and O–H groups in total. The van der Waals surface area contributed by atoms with Crippen LogP contribution in [0.1, 0.15) is 32.4 Å². The molecule has 108 valence electrons. The van der Waals surface area contributed by atoms with Gasteiger partial charge in [-0.2, -0.15) is 0 Å². The molecule has 1 aromatic rings. The van der Waals surface area contributed by atoms with Crippen LogP contribution < -0.4 is 10.1 Å². The van der Waals surface area contributed by atoms with Crippen molar-refractivity contribution < 1.29 is 13.9 Å². The van der Waals surface area contributed by atoms with Crippen LogP contribution in [0, 0.1) is 11.7 Å². The van der Waals surface area contributed by atoms with Gasteiger partial charge in [-0.25, -0.2) is 4.39 Å². The minimum Gasteiger partial charge on any atom is -0.494 e. The summed E-state index contributed by atoms with van der Waals surface area (Å²) in [7, 11) is 3.33. The summed E-state index contributed by atoms with van der Waals surface area (Å²) in [4.78, 5) is 0. The molecular weight excluding hydrogens is 245 g/mol. The maximum Gasteiger partial charge on any atom is 0.165 e. The second-order valence-electron chi connectivity index (χ2n) is 4.82.